The smallest absolute Gasteiger partial charge is 0.399 e. The highest BCUT2D eigenvalue weighted by atomic mass is 19.4. The fourth-order valence-corrected chi connectivity index (χ4v) is 1.14. The lowest BCUT2D eigenvalue weighted by molar-refractivity contribution is -0.134. The van der Waals surface area contributed by atoms with Crippen LogP contribution in [0.4, 0.5) is 13.2 Å². The van der Waals surface area contributed by atoms with Gasteiger partial charge in [0.1, 0.15) is 13.0 Å². The minimum Gasteiger partial charge on any atom is -0.399 e. The Hall–Kier alpha value is -1.52. The largest absolute Gasteiger partial charge is 0.400 e. The first-order valence-corrected chi connectivity index (χ1v) is 4.24. The molecule has 0 bridgehead atoms. The summed E-state index contributed by atoms with van der Waals surface area (Å²) in [4.78, 5) is 4.26. The van der Waals surface area contributed by atoms with Gasteiger partial charge in [-0.2, -0.15) is 13.2 Å². The Morgan fingerprint density at radius 3 is 2.33 bits per heavy atom. The van der Waals surface area contributed by atoms with Crippen LogP contribution in [0.2, 0.25) is 0 Å². The maximum Gasteiger partial charge on any atom is 0.400 e. The van der Waals surface area contributed by atoms with Crippen LogP contribution in [0, 0.1) is 0 Å². The van der Waals surface area contributed by atoms with Gasteiger partial charge in [-0.1, -0.05) is 35.5 Å². The van der Waals surface area contributed by atoms with E-state index in [0.29, 0.717) is 0 Å². The second-order valence-electron chi connectivity index (χ2n) is 2.87. The van der Waals surface area contributed by atoms with Gasteiger partial charge in [-0.15, -0.1) is 0 Å². The number of halogens is 3. The molecular formula is C10H10F3NO. The second kappa shape index (κ2) is 4.82. The lowest BCUT2D eigenvalue weighted by Crippen LogP contribution is -2.22. The summed E-state index contributed by atoms with van der Waals surface area (Å²) in [6.07, 6.45) is -3.61. The molecule has 82 valence electrons. The molecule has 1 rings (SSSR count). The van der Waals surface area contributed by atoms with Gasteiger partial charge >= 0.3 is 6.18 Å². The molecule has 1 unspecified atom stereocenters. The maximum atomic E-state index is 12.6. The van der Waals surface area contributed by atoms with Crippen molar-refractivity contribution >= 4 is 6.21 Å². The Morgan fingerprint density at radius 2 is 1.87 bits per heavy atom. The van der Waals surface area contributed by atoms with E-state index in [4.69, 9.17) is 0 Å². The van der Waals surface area contributed by atoms with Crippen LogP contribution in [0.3, 0.4) is 0 Å². The quantitative estimate of drug-likeness (QED) is 0.563. The molecule has 1 aromatic carbocycles. The molecule has 0 saturated heterocycles. The highest BCUT2D eigenvalue weighted by Crippen LogP contribution is 2.33. The minimum absolute atomic E-state index is 0.144. The summed E-state index contributed by atoms with van der Waals surface area (Å²) in [6.45, 7) is 0. The van der Waals surface area contributed by atoms with Gasteiger partial charge < -0.3 is 4.84 Å². The van der Waals surface area contributed by atoms with E-state index in [2.05, 4.69) is 9.99 Å². The molecule has 5 heteroatoms. The Balaban J connectivity index is 2.97. The molecular weight excluding hydrogens is 207 g/mol. The van der Waals surface area contributed by atoms with E-state index >= 15 is 0 Å². The molecule has 15 heavy (non-hydrogen) atoms. The molecule has 0 aliphatic heterocycles. The minimum atomic E-state index is -4.36. The van der Waals surface area contributed by atoms with Gasteiger partial charge in [0.05, 0.1) is 6.21 Å². The summed E-state index contributed by atoms with van der Waals surface area (Å²) >= 11 is 0. The Kier molecular flexibility index (Phi) is 3.71. The summed E-state index contributed by atoms with van der Waals surface area (Å²) in [5.41, 5.74) is 0.144. The van der Waals surface area contributed by atoms with Crippen molar-refractivity contribution in [1.29, 1.82) is 0 Å². The van der Waals surface area contributed by atoms with E-state index in [1.54, 1.807) is 18.2 Å². The van der Waals surface area contributed by atoms with Crippen molar-refractivity contribution in [2.75, 3.05) is 7.11 Å². The fourth-order valence-electron chi connectivity index (χ4n) is 1.14. The van der Waals surface area contributed by atoms with Gasteiger partial charge in [-0.05, 0) is 5.56 Å². The second-order valence-corrected chi connectivity index (χ2v) is 2.87. The Labute approximate surface area is 85.4 Å². The van der Waals surface area contributed by atoms with Gasteiger partial charge in [0, 0.05) is 0 Å². The monoisotopic (exact) mass is 217 g/mol. The number of nitrogens with zero attached hydrogens (tertiary/aromatic N) is 1. The van der Waals surface area contributed by atoms with E-state index in [1.165, 1.54) is 19.2 Å². The number of hydrogen-bond donors (Lipinski definition) is 0. The van der Waals surface area contributed by atoms with Gasteiger partial charge in [-0.3, -0.25) is 0 Å². The van der Waals surface area contributed by atoms with Crippen molar-refractivity contribution in [3.63, 3.8) is 0 Å². The third-order valence-electron chi connectivity index (χ3n) is 1.83. The van der Waals surface area contributed by atoms with E-state index in [-0.39, 0.29) is 5.56 Å². The van der Waals surface area contributed by atoms with Crippen molar-refractivity contribution in [3.8, 4) is 0 Å². The fraction of sp³-hybridized carbons (Fsp3) is 0.300. The van der Waals surface area contributed by atoms with Crippen LogP contribution in [0.1, 0.15) is 11.5 Å². The van der Waals surface area contributed by atoms with Crippen LogP contribution in [-0.2, 0) is 4.84 Å². The van der Waals surface area contributed by atoms with Crippen LogP contribution in [0.5, 0.6) is 0 Å². The predicted octanol–water partition coefficient (Wildman–Crippen LogP) is 2.96. The Morgan fingerprint density at radius 1 is 1.27 bits per heavy atom. The molecule has 0 radical (unpaired) electrons. The van der Waals surface area contributed by atoms with Gasteiger partial charge in [-0.25, -0.2) is 0 Å². The first kappa shape index (κ1) is 11.6. The van der Waals surface area contributed by atoms with Gasteiger partial charge in [0.25, 0.3) is 0 Å². The molecule has 0 aliphatic rings. The van der Waals surface area contributed by atoms with Gasteiger partial charge in [0.2, 0.25) is 0 Å². The maximum absolute atomic E-state index is 12.6. The third kappa shape index (κ3) is 3.27. The number of alkyl halides is 3. The molecule has 1 atom stereocenters. The number of hydrogen-bond acceptors (Lipinski definition) is 2. The summed E-state index contributed by atoms with van der Waals surface area (Å²) in [5, 5.41) is 3.17. The van der Waals surface area contributed by atoms with E-state index in [9.17, 15) is 13.2 Å². The SMILES string of the molecule is CON=CC(c1ccccc1)C(F)(F)F. The van der Waals surface area contributed by atoms with Gasteiger partial charge in [0.15, 0.2) is 0 Å². The lowest BCUT2D eigenvalue weighted by atomic mass is 10.0. The third-order valence-corrected chi connectivity index (χ3v) is 1.83. The molecule has 0 N–H and O–H groups in total. The summed E-state index contributed by atoms with van der Waals surface area (Å²) < 4.78 is 37.7. The molecule has 0 amide bonds. The zero-order valence-corrected chi connectivity index (χ0v) is 8.03. The standard InChI is InChI=1S/C10H10F3NO/c1-15-14-7-9(10(11,12)13)8-5-3-2-4-6-8/h2-7,9H,1H3. The van der Waals surface area contributed by atoms with Crippen LogP contribution in [0.15, 0.2) is 35.5 Å². The lowest BCUT2D eigenvalue weighted by Gasteiger charge is -2.15. The summed E-state index contributed by atoms with van der Waals surface area (Å²) in [7, 11) is 1.20. The predicted molar refractivity (Wildman–Crippen MR) is 50.7 cm³/mol. The normalized spacial score (nSPS) is 14.1. The molecule has 2 nitrogen and oxygen atoms in total. The molecule has 0 aromatic heterocycles. The average Bonchev–Trinajstić information content (AvgIpc) is 2.18. The topological polar surface area (TPSA) is 21.6 Å². The zero-order chi connectivity index (χ0) is 11.3. The molecule has 0 aliphatic carbocycles. The van der Waals surface area contributed by atoms with E-state index in [1.807, 2.05) is 0 Å². The average molecular weight is 217 g/mol. The number of oxime groups is 1. The Bertz CT molecular complexity index is 321. The summed E-state index contributed by atoms with van der Waals surface area (Å²) in [5.74, 6) is -1.72. The van der Waals surface area contributed by atoms with E-state index < -0.39 is 12.1 Å². The van der Waals surface area contributed by atoms with E-state index in [0.717, 1.165) is 6.21 Å². The molecule has 0 spiro atoms. The van der Waals surface area contributed by atoms with Crippen LogP contribution in [-0.4, -0.2) is 19.5 Å². The molecule has 1 aromatic rings. The van der Waals surface area contributed by atoms with Crippen molar-refractivity contribution < 1.29 is 18.0 Å². The molecule has 0 heterocycles. The number of rotatable bonds is 3. The first-order chi connectivity index (χ1) is 7.05. The molecule has 0 saturated carbocycles. The van der Waals surface area contributed by atoms with Crippen LogP contribution in [0.25, 0.3) is 0 Å². The van der Waals surface area contributed by atoms with Crippen molar-refractivity contribution in [2.24, 2.45) is 5.16 Å². The van der Waals surface area contributed by atoms with Crippen LogP contribution < -0.4 is 0 Å². The molecule has 0 fully saturated rings. The highest BCUT2D eigenvalue weighted by Gasteiger charge is 2.39. The summed E-state index contributed by atoms with van der Waals surface area (Å²) in [6, 6.07) is 7.56. The van der Waals surface area contributed by atoms with Crippen molar-refractivity contribution in [1.82, 2.24) is 0 Å². The number of benzene rings is 1. The van der Waals surface area contributed by atoms with Crippen molar-refractivity contribution in [3.05, 3.63) is 35.9 Å². The van der Waals surface area contributed by atoms with Crippen LogP contribution >= 0.6 is 0 Å². The highest BCUT2D eigenvalue weighted by molar-refractivity contribution is 5.68. The zero-order valence-electron chi connectivity index (χ0n) is 8.03. The first-order valence-electron chi connectivity index (χ1n) is 4.24. The van der Waals surface area contributed by atoms with Crippen molar-refractivity contribution in [2.45, 2.75) is 12.1 Å².